The number of carbonyl (C=O) groups is 1. The smallest absolute Gasteiger partial charge is 0.211 e. The summed E-state index contributed by atoms with van der Waals surface area (Å²) in [7, 11) is 0. The largest absolute Gasteiger partial charge is 0.287 e. The Balaban J connectivity index is 1.91. The van der Waals surface area contributed by atoms with Crippen molar-refractivity contribution >= 4 is 5.78 Å². The number of ketones is 1. The Morgan fingerprint density at radius 1 is 1.16 bits per heavy atom. The molecule has 1 aliphatic rings. The fraction of sp³-hybridized carbons (Fsp3) is 0.294. The minimum Gasteiger partial charge on any atom is -0.287 e. The summed E-state index contributed by atoms with van der Waals surface area (Å²) in [5.41, 5.74) is 3.46. The van der Waals surface area contributed by atoms with Crippen LogP contribution in [-0.4, -0.2) is 10.8 Å². The van der Waals surface area contributed by atoms with Crippen LogP contribution in [0, 0.1) is 6.92 Å². The highest BCUT2D eigenvalue weighted by Crippen LogP contribution is 2.36. The van der Waals surface area contributed by atoms with E-state index >= 15 is 0 Å². The number of hydrogen-bond donors (Lipinski definition) is 0. The van der Waals surface area contributed by atoms with Gasteiger partial charge >= 0.3 is 0 Å². The van der Waals surface area contributed by atoms with E-state index in [1.54, 1.807) is 6.07 Å². The molecule has 3 rings (SSSR count). The van der Waals surface area contributed by atoms with E-state index in [-0.39, 0.29) is 5.78 Å². The highest BCUT2D eigenvalue weighted by atomic mass is 16.1. The zero-order valence-electron chi connectivity index (χ0n) is 11.1. The van der Waals surface area contributed by atoms with Crippen molar-refractivity contribution in [2.75, 3.05) is 0 Å². The minimum atomic E-state index is 0.0184. The molecule has 0 spiro atoms. The minimum absolute atomic E-state index is 0.0184. The van der Waals surface area contributed by atoms with Crippen molar-refractivity contribution in [3.05, 3.63) is 65.0 Å². The molecule has 1 fully saturated rings. The van der Waals surface area contributed by atoms with Crippen LogP contribution in [0.25, 0.3) is 0 Å². The quantitative estimate of drug-likeness (QED) is 0.775. The molecule has 0 radical (unpaired) electrons. The molecule has 1 aromatic carbocycles. The second-order valence-corrected chi connectivity index (χ2v) is 5.25. The Morgan fingerprint density at radius 3 is 2.63 bits per heavy atom. The lowest BCUT2D eigenvalue weighted by Crippen LogP contribution is -2.10. The lowest BCUT2D eigenvalue weighted by Gasteiger charge is -2.26. The first-order valence-corrected chi connectivity index (χ1v) is 6.82. The molecule has 0 unspecified atom stereocenters. The first-order chi connectivity index (χ1) is 9.24. The maximum Gasteiger partial charge on any atom is 0.211 e. The van der Waals surface area contributed by atoms with Crippen molar-refractivity contribution in [2.24, 2.45) is 0 Å². The van der Waals surface area contributed by atoms with Crippen molar-refractivity contribution in [1.29, 1.82) is 0 Å². The molecule has 1 aromatic heterocycles. The standard InChI is InChI=1S/C17H17NO/c1-12-5-2-10-16(18-12)17(19)15-9-4-8-14(11-15)13-6-3-7-13/h2,4-5,8-11,13H,3,6-7H2,1H3. The average Bonchev–Trinajstić information content (AvgIpc) is 2.36. The van der Waals surface area contributed by atoms with Gasteiger partial charge in [0.15, 0.2) is 0 Å². The summed E-state index contributed by atoms with van der Waals surface area (Å²) in [5, 5.41) is 0. The Bertz CT molecular complexity index is 614. The van der Waals surface area contributed by atoms with Crippen LogP contribution in [0.2, 0.25) is 0 Å². The Labute approximate surface area is 113 Å². The summed E-state index contributed by atoms with van der Waals surface area (Å²) in [4.78, 5) is 16.7. The third-order valence-electron chi connectivity index (χ3n) is 3.85. The van der Waals surface area contributed by atoms with Gasteiger partial charge in [-0.2, -0.15) is 0 Å². The highest BCUT2D eigenvalue weighted by molar-refractivity contribution is 6.07. The van der Waals surface area contributed by atoms with Crippen molar-refractivity contribution in [2.45, 2.75) is 32.1 Å². The number of benzene rings is 1. The van der Waals surface area contributed by atoms with Gasteiger partial charge in [-0.25, -0.2) is 4.98 Å². The molecule has 0 N–H and O–H groups in total. The van der Waals surface area contributed by atoms with Crippen LogP contribution in [0.5, 0.6) is 0 Å². The summed E-state index contributed by atoms with van der Waals surface area (Å²) < 4.78 is 0. The van der Waals surface area contributed by atoms with Gasteiger partial charge in [0.1, 0.15) is 5.69 Å². The van der Waals surface area contributed by atoms with E-state index in [2.05, 4.69) is 11.1 Å². The van der Waals surface area contributed by atoms with Crippen LogP contribution < -0.4 is 0 Å². The second kappa shape index (κ2) is 4.96. The second-order valence-electron chi connectivity index (χ2n) is 5.25. The molecule has 0 saturated heterocycles. The van der Waals surface area contributed by atoms with Crippen molar-refractivity contribution in [1.82, 2.24) is 4.98 Å². The molecule has 0 atom stereocenters. The number of carbonyl (C=O) groups excluding carboxylic acids is 1. The maximum absolute atomic E-state index is 12.4. The van der Waals surface area contributed by atoms with Crippen LogP contribution in [0.1, 0.15) is 52.5 Å². The van der Waals surface area contributed by atoms with E-state index in [0.29, 0.717) is 11.6 Å². The van der Waals surface area contributed by atoms with Crippen LogP contribution >= 0.6 is 0 Å². The van der Waals surface area contributed by atoms with Crippen molar-refractivity contribution < 1.29 is 4.79 Å². The van der Waals surface area contributed by atoms with Gasteiger partial charge in [0, 0.05) is 11.3 Å². The van der Waals surface area contributed by atoms with Gasteiger partial charge in [-0.05, 0) is 49.4 Å². The van der Waals surface area contributed by atoms with E-state index in [9.17, 15) is 4.79 Å². The predicted molar refractivity (Wildman–Crippen MR) is 75.4 cm³/mol. The molecular weight excluding hydrogens is 234 g/mol. The van der Waals surface area contributed by atoms with Gasteiger partial charge in [-0.1, -0.05) is 30.7 Å². The number of aryl methyl sites for hydroxylation is 1. The van der Waals surface area contributed by atoms with E-state index in [1.807, 2.05) is 37.3 Å². The first-order valence-electron chi connectivity index (χ1n) is 6.82. The molecular formula is C17H17NO. The van der Waals surface area contributed by atoms with Gasteiger partial charge in [0.2, 0.25) is 5.78 Å². The zero-order chi connectivity index (χ0) is 13.2. The van der Waals surface area contributed by atoms with Gasteiger partial charge in [-0.15, -0.1) is 0 Å². The number of hydrogen-bond acceptors (Lipinski definition) is 2. The average molecular weight is 251 g/mol. The predicted octanol–water partition coefficient (Wildman–Crippen LogP) is 3.89. The van der Waals surface area contributed by atoms with E-state index in [4.69, 9.17) is 0 Å². The fourth-order valence-corrected chi connectivity index (χ4v) is 2.49. The fourth-order valence-electron chi connectivity index (χ4n) is 2.49. The Kier molecular flexibility index (Phi) is 3.16. The van der Waals surface area contributed by atoms with Gasteiger partial charge in [0.25, 0.3) is 0 Å². The third-order valence-corrected chi connectivity index (χ3v) is 3.85. The number of rotatable bonds is 3. The van der Waals surface area contributed by atoms with Crippen LogP contribution in [0.3, 0.4) is 0 Å². The molecule has 1 saturated carbocycles. The summed E-state index contributed by atoms with van der Waals surface area (Å²) in [6, 6.07) is 13.6. The molecule has 1 aliphatic carbocycles. The third kappa shape index (κ3) is 2.43. The van der Waals surface area contributed by atoms with Gasteiger partial charge in [0.05, 0.1) is 0 Å². The number of aromatic nitrogens is 1. The molecule has 0 amide bonds. The zero-order valence-corrected chi connectivity index (χ0v) is 11.1. The van der Waals surface area contributed by atoms with E-state index in [0.717, 1.165) is 11.3 Å². The van der Waals surface area contributed by atoms with E-state index < -0.39 is 0 Å². The monoisotopic (exact) mass is 251 g/mol. The molecule has 1 heterocycles. The topological polar surface area (TPSA) is 30.0 Å². The molecule has 0 aliphatic heterocycles. The lowest BCUT2D eigenvalue weighted by atomic mass is 9.79. The summed E-state index contributed by atoms with van der Waals surface area (Å²) >= 11 is 0. The first kappa shape index (κ1) is 12.1. The van der Waals surface area contributed by atoms with Crippen LogP contribution in [0.15, 0.2) is 42.5 Å². The van der Waals surface area contributed by atoms with Crippen LogP contribution in [-0.2, 0) is 0 Å². The molecule has 2 heteroatoms. The highest BCUT2D eigenvalue weighted by Gasteiger charge is 2.20. The van der Waals surface area contributed by atoms with E-state index in [1.165, 1.54) is 24.8 Å². The summed E-state index contributed by atoms with van der Waals surface area (Å²) in [5.74, 6) is 0.670. The maximum atomic E-state index is 12.4. The Morgan fingerprint density at radius 2 is 1.95 bits per heavy atom. The lowest BCUT2D eigenvalue weighted by molar-refractivity contribution is 0.103. The molecule has 96 valence electrons. The number of nitrogens with zero attached hydrogens (tertiary/aromatic N) is 1. The summed E-state index contributed by atoms with van der Waals surface area (Å²) in [6.45, 7) is 1.90. The summed E-state index contributed by atoms with van der Waals surface area (Å²) in [6.07, 6.45) is 3.81. The Hall–Kier alpha value is -1.96. The normalized spacial score (nSPS) is 15.0. The molecule has 0 bridgehead atoms. The van der Waals surface area contributed by atoms with Crippen LogP contribution in [0.4, 0.5) is 0 Å². The van der Waals surface area contributed by atoms with Crippen molar-refractivity contribution in [3.63, 3.8) is 0 Å². The number of pyridine rings is 1. The van der Waals surface area contributed by atoms with Crippen molar-refractivity contribution in [3.8, 4) is 0 Å². The molecule has 2 nitrogen and oxygen atoms in total. The molecule has 19 heavy (non-hydrogen) atoms. The SMILES string of the molecule is Cc1cccc(C(=O)c2cccc(C3CCC3)c2)n1. The van der Waals surface area contributed by atoms with Gasteiger partial charge in [-0.3, -0.25) is 4.79 Å². The molecule has 2 aromatic rings. The van der Waals surface area contributed by atoms with Gasteiger partial charge < -0.3 is 0 Å².